The van der Waals surface area contributed by atoms with Crippen LogP contribution in [-0.4, -0.2) is 34.5 Å². The predicted molar refractivity (Wildman–Crippen MR) is 53.8 cm³/mol. The zero-order valence-electron chi connectivity index (χ0n) is 8.27. The molecule has 0 spiro atoms. The standard InChI is InChI=1S/C10H16N2O2/c1-8-3-2-4-9(12-8)5-11-6-10(14)7-13/h2-4,10-11,13-14H,5-7H2,1H3. The van der Waals surface area contributed by atoms with E-state index in [0.29, 0.717) is 13.1 Å². The summed E-state index contributed by atoms with van der Waals surface area (Å²) in [6, 6.07) is 5.80. The lowest BCUT2D eigenvalue weighted by molar-refractivity contribution is 0.0941. The Morgan fingerprint density at radius 1 is 1.50 bits per heavy atom. The van der Waals surface area contributed by atoms with Crippen LogP contribution in [0.5, 0.6) is 0 Å². The first-order valence-electron chi connectivity index (χ1n) is 4.64. The zero-order valence-corrected chi connectivity index (χ0v) is 8.27. The third kappa shape index (κ3) is 3.83. The fraction of sp³-hybridized carbons (Fsp3) is 0.500. The van der Waals surface area contributed by atoms with Gasteiger partial charge >= 0.3 is 0 Å². The van der Waals surface area contributed by atoms with Crippen molar-refractivity contribution < 1.29 is 10.2 Å². The van der Waals surface area contributed by atoms with Gasteiger partial charge in [0.05, 0.1) is 18.4 Å². The van der Waals surface area contributed by atoms with Gasteiger partial charge in [-0.1, -0.05) is 6.07 Å². The van der Waals surface area contributed by atoms with E-state index in [1.165, 1.54) is 0 Å². The van der Waals surface area contributed by atoms with Crippen LogP contribution in [-0.2, 0) is 6.54 Å². The van der Waals surface area contributed by atoms with Crippen molar-refractivity contribution in [1.82, 2.24) is 10.3 Å². The summed E-state index contributed by atoms with van der Waals surface area (Å²) >= 11 is 0. The summed E-state index contributed by atoms with van der Waals surface area (Å²) in [5.74, 6) is 0. The van der Waals surface area contributed by atoms with Gasteiger partial charge in [-0.3, -0.25) is 4.98 Å². The first-order chi connectivity index (χ1) is 6.72. The highest BCUT2D eigenvalue weighted by molar-refractivity contribution is 5.09. The number of aliphatic hydroxyl groups is 2. The van der Waals surface area contributed by atoms with Gasteiger partial charge in [0.25, 0.3) is 0 Å². The minimum Gasteiger partial charge on any atom is -0.394 e. The maximum Gasteiger partial charge on any atom is 0.0895 e. The number of aryl methyl sites for hydroxylation is 1. The molecule has 0 radical (unpaired) electrons. The van der Waals surface area contributed by atoms with Crippen LogP contribution >= 0.6 is 0 Å². The highest BCUT2D eigenvalue weighted by Gasteiger charge is 2.00. The molecule has 1 aromatic rings. The zero-order chi connectivity index (χ0) is 10.4. The Hall–Kier alpha value is -0.970. The topological polar surface area (TPSA) is 65.4 Å². The molecule has 0 saturated heterocycles. The Morgan fingerprint density at radius 2 is 2.29 bits per heavy atom. The second-order valence-electron chi connectivity index (χ2n) is 3.24. The van der Waals surface area contributed by atoms with Gasteiger partial charge in [-0.25, -0.2) is 0 Å². The van der Waals surface area contributed by atoms with E-state index >= 15 is 0 Å². The minimum atomic E-state index is -0.695. The van der Waals surface area contributed by atoms with E-state index in [0.717, 1.165) is 11.4 Å². The fourth-order valence-electron chi connectivity index (χ4n) is 1.13. The van der Waals surface area contributed by atoms with Gasteiger partial charge in [-0.05, 0) is 19.1 Å². The lowest BCUT2D eigenvalue weighted by Crippen LogP contribution is -2.29. The molecule has 0 aliphatic carbocycles. The monoisotopic (exact) mass is 196 g/mol. The summed E-state index contributed by atoms with van der Waals surface area (Å²) in [7, 11) is 0. The third-order valence-corrected chi connectivity index (χ3v) is 1.84. The molecule has 3 N–H and O–H groups in total. The van der Waals surface area contributed by atoms with E-state index in [1.54, 1.807) is 0 Å². The summed E-state index contributed by atoms with van der Waals surface area (Å²) in [4.78, 5) is 4.29. The Labute approximate surface area is 83.6 Å². The molecule has 4 nitrogen and oxygen atoms in total. The smallest absolute Gasteiger partial charge is 0.0895 e. The molecular formula is C10H16N2O2. The van der Waals surface area contributed by atoms with Crippen molar-refractivity contribution in [1.29, 1.82) is 0 Å². The Balaban J connectivity index is 2.31. The number of nitrogens with one attached hydrogen (secondary N) is 1. The maximum absolute atomic E-state index is 9.06. The van der Waals surface area contributed by atoms with E-state index in [2.05, 4.69) is 10.3 Å². The van der Waals surface area contributed by atoms with E-state index in [1.807, 2.05) is 25.1 Å². The van der Waals surface area contributed by atoms with Gasteiger partial charge in [0.1, 0.15) is 0 Å². The second-order valence-corrected chi connectivity index (χ2v) is 3.24. The van der Waals surface area contributed by atoms with Crippen molar-refractivity contribution in [3.05, 3.63) is 29.6 Å². The molecule has 0 fully saturated rings. The van der Waals surface area contributed by atoms with Gasteiger partial charge in [-0.15, -0.1) is 0 Å². The normalized spacial score (nSPS) is 12.8. The van der Waals surface area contributed by atoms with Crippen LogP contribution in [0.2, 0.25) is 0 Å². The summed E-state index contributed by atoms with van der Waals surface area (Å²) < 4.78 is 0. The maximum atomic E-state index is 9.06. The number of nitrogens with zero attached hydrogens (tertiary/aromatic N) is 1. The van der Waals surface area contributed by atoms with Crippen molar-refractivity contribution >= 4 is 0 Å². The Morgan fingerprint density at radius 3 is 2.93 bits per heavy atom. The molecule has 1 heterocycles. The Kier molecular flexibility index (Phi) is 4.52. The lowest BCUT2D eigenvalue weighted by Gasteiger charge is -2.08. The van der Waals surface area contributed by atoms with E-state index in [9.17, 15) is 0 Å². The average Bonchev–Trinajstić information content (AvgIpc) is 2.17. The number of aliphatic hydroxyl groups excluding tert-OH is 2. The summed E-state index contributed by atoms with van der Waals surface area (Å²) in [5.41, 5.74) is 1.92. The molecule has 1 rings (SSSR count). The summed E-state index contributed by atoms with van der Waals surface area (Å²) in [6.07, 6.45) is -0.695. The van der Waals surface area contributed by atoms with Crippen molar-refractivity contribution in [2.24, 2.45) is 0 Å². The van der Waals surface area contributed by atoms with Crippen LogP contribution < -0.4 is 5.32 Å². The number of hydrogen-bond acceptors (Lipinski definition) is 4. The molecule has 0 aliphatic rings. The molecule has 4 heteroatoms. The number of pyridine rings is 1. The van der Waals surface area contributed by atoms with Crippen LogP contribution in [0, 0.1) is 6.92 Å². The van der Waals surface area contributed by atoms with Gasteiger partial charge in [0.2, 0.25) is 0 Å². The van der Waals surface area contributed by atoms with Crippen LogP contribution in [0.3, 0.4) is 0 Å². The first-order valence-corrected chi connectivity index (χ1v) is 4.64. The first kappa shape index (κ1) is 11.1. The van der Waals surface area contributed by atoms with Crippen molar-refractivity contribution in [3.8, 4) is 0 Å². The average molecular weight is 196 g/mol. The highest BCUT2D eigenvalue weighted by Crippen LogP contribution is 1.97. The number of rotatable bonds is 5. The van der Waals surface area contributed by atoms with Crippen molar-refractivity contribution in [2.45, 2.75) is 19.6 Å². The van der Waals surface area contributed by atoms with Crippen LogP contribution in [0.4, 0.5) is 0 Å². The third-order valence-electron chi connectivity index (χ3n) is 1.84. The van der Waals surface area contributed by atoms with Crippen molar-refractivity contribution in [2.75, 3.05) is 13.2 Å². The molecule has 1 atom stereocenters. The van der Waals surface area contributed by atoms with E-state index < -0.39 is 6.10 Å². The van der Waals surface area contributed by atoms with Gasteiger partial charge in [0, 0.05) is 18.8 Å². The van der Waals surface area contributed by atoms with E-state index in [-0.39, 0.29) is 6.61 Å². The molecule has 0 aromatic carbocycles. The van der Waals surface area contributed by atoms with Crippen LogP contribution in [0.1, 0.15) is 11.4 Å². The highest BCUT2D eigenvalue weighted by atomic mass is 16.3. The molecule has 78 valence electrons. The molecule has 1 unspecified atom stereocenters. The molecule has 0 bridgehead atoms. The quantitative estimate of drug-likeness (QED) is 0.612. The van der Waals surface area contributed by atoms with Crippen molar-refractivity contribution in [3.63, 3.8) is 0 Å². The molecule has 0 aliphatic heterocycles. The predicted octanol–water partition coefficient (Wildman–Crippen LogP) is -0.167. The largest absolute Gasteiger partial charge is 0.394 e. The van der Waals surface area contributed by atoms with Gasteiger partial charge in [-0.2, -0.15) is 0 Å². The molecule has 1 aromatic heterocycles. The number of hydrogen-bond donors (Lipinski definition) is 3. The summed E-state index contributed by atoms with van der Waals surface area (Å²) in [6.45, 7) is 2.71. The van der Waals surface area contributed by atoms with Gasteiger partial charge in [0.15, 0.2) is 0 Å². The Bertz CT molecular complexity index is 279. The lowest BCUT2D eigenvalue weighted by atomic mass is 10.3. The molecular weight excluding hydrogens is 180 g/mol. The molecule has 0 saturated carbocycles. The minimum absolute atomic E-state index is 0.214. The fourth-order valence-corrected chi connectivity index (χ4v) is 1.13. The molecule has 14 heavy (non-hydrogen) atoms. The van der Waals surface area contributed by atoms with Crippen LogP contribution in [0.25, 0.3) is 0 Å². The van der Waals surface area contributed by atoms with E-state index in [4.69, 9.17) is 10.2 Å². The summed E-state index contributed by atoms with van der Waals surface area (Å²) in [5, 5.41) is 20.6. The van der Waals surface area contributed by atoms with Gasteiger partial charge < -0.3 is 15.5 Å². The van der Waals surface area contributed by atoms with Crippen LogP contribution in [0.15, 0.2) is 18.2 Å². The molecule has 0 amide bonds. The second kappa shape index (κ2) is 5.70. The number of aromatic nitrogens is 1. The SMILES string of the molecule is Cc1cccc(CNCC(O)CO)n1.